The van der Waals surface area contributed by atoms with Gasteiger partial charge in [-0.1, -0.05) is 6.07 Å². The summed E-state index contributed by atoms with van der Waals surface area (Å²) in [6.07, 6.45) is 2.03. The Morgan fingerprint density at radius 3 is 2.70 bits per heavy atom. The summed E-state index contributed by atoms with van der Waals surface area (Å²) in [5.41, 5.74) is 4.50. The molecule has 186 valence electrons. The summed E-state index contributed by atoms with van der Waals surface area (Å²) in [5, 5.41) is 23.0. The molecule has 0 aliphatic carbocycles. The van der Waals surface area contributed by atoms with Gasteiger partial charge in [-0.3, -0.25) is 4.79 Å². The van der Waals surface area contributed by atoms with E-state index in [1.54, 1.807) is 50.6 Å². The Labute approximate surface area is 212 Å². The molecule has 4 N–H and O–H groups in total. The summed E-state index contributed by atoms with van der Waals surface area (Å²) in [6.45, 7) is 2.08. The molecule has 0 fully saturated rings. The van der Waals surface area contributed by atoms with Crippen LogP contribution in [0, 0.1) is 6.92 Å². The lowest BCUT2D eigenvalue weighted by Gasteiger charge is -2.09. The number of carbonyl (C=O) groups excluding carboxylic acids is 1. The zero-order valence-electron chi connectivity index (χ0n) is 20.2. The molecular weight excluding hydrogens is 472 g/mol. The van der Waals surface area contributed by atoms with Crippen LogP contribution < -0.4 is 10.1 Å². The fourth-order valence-corrected chi connectivity index (χ4v) is 4.05. The number of aromatic hydroxyl groups is 2. The molecule has 3 aromatic heterocycles. The molecule has 10 nitrogen and oxygen atoms in total. The number of carbonyl (C=O) groups is 1. The maximum atomic E-state index is 12.7. The minimum Gasteiger partial charge on any atom is -0.507 e. The van der Waals surface area contributed by atoms with Crippen molar-refractivity contribution < 1.29 is 19.7 Å². The van der Waals surface area contributed by atoms with Crippen LogP contribution in [0.4, 0.5) is 0 Å². The number of hydrogen-bond donors (Lipinski definition) is 4. The number of hydrogen-bond acceptors (Lipinski definition) is 8. The van der Waals surface area contributed by atoms with Crippen LogP contribution in [0.25, 0.3) is 33.5 Å². The average Bonchev–Trinajstić information content (AvgIpc) is 3.31. The Balaban J connectivity index is 1.36. The molecule has 0 saturated heterocycles. The van der Waals surface area contributed by atoms with Gasteiger partial charge in [0.15, 0.2) is 0 Å². The van der Waals surface area contributed by atoms with Crippen molar-refractivity contribution in [2.45, 2.75) is 13.3 Å². The summed E-state index contributed by atoms with van der Waals surface area (Å²) < 4.78 is 5.37. The van der Waals surface area contributed by atoms with Crippen LogP contribution in [0.5, 0.6) is 17.5 Å². The maximum absolute atomic E-state index is 12.7. The molecule has 0 unspecified atom stereocenters. The molecule has 0 bridgehead atoms. The fraction of sp³-hybridized carbons (Fsp3) is 0.148. The maximum Gasteiger partial charge on any atom is 0.251 e. The first-order valence-electron chi connectivity index (χ1n) is 11.6. The smallest absolute Gasteiger partial charge is 0.251 e. The number of methoxy groups -OCH3 is 1. The minimum atomic E-state index is -0.267. The van der Waals surface area contributed by atoms with Gasteiger partial charge in [0.2, 0.25) is 11.8 Å². The van der Waals surface area contributed by atoms with Gasteiger partial charge in [-0.2, -0.15) is 4.98 Å². The van der Waals surface area contributed by atoms with Crippen LogP contribution in [-0.4, -0.2) is 54.7 Å². The Kier molecular flexibility index (Phi) is 6.38. The van der Waals surface area contributed by atoms with E-state index in [0.29, 0.717) is 52.8 Å². The van der Waals surface area contributed by atoms with Crippen LogP contribution in [0.2, 0.25) is 0 Å². The number of aromatic amines is 1. The van der Waals surface area contributed by atoms with Crippen molar-refractivity contribution in [2.24, 2.45) is 0 Å². The second-order valence-electron chi connectivity index (χ2n) is 8.40. The Morgan fingerprint density at radius 1 is 1.03 bits per heavy atom. The predicted octanol–water partition coefficient (Wildman–Crippen LogP) is 3.78. The molecule has 0 saturated carbocycles. The van der Waals surface area contributed by atoms with Crippen LogP contribution in [-0.2, 0) is 6.42 Å². The number of aromatic nitrogens is 5. The van der Waals surface area contributed by atoms with Crippen molar-refractivity contribution in [3.8, 4) is 40.0 Å². The highest BCUT2D eigenvalue weighted by Crippen LogP contribution is 2.35. The predicted molar refractivity (Wildman–Crippen MR) is 137 cm³/mol. The highest BCUT2D eigenvalue weighted by molar-refractivity contribution is 5.97. The van der Waals surface area contributed by atoms with Crippen molar-refractivity contribution in [1.29, 1.82) is 0 Å². The number of fused-ring (bicyclic) bond motifs is 1. The van der Waals surface area contributed by atoms with E-state index < -0.39 is 0 Å². The molecule has 5 rings (SSSR count). The van der Waals surface area contributed by atoms with Crippen LogP contribution in [0.1, 0.15) is 21.9 Å². The molecule has 0 aliphatic heterocycles. The van der Waals surface area contributed by atoms with Crippen molar-refractivity contribution >= 4 is 16.9 Å². The molecule has 2 aromatic carbocycles. The Morgan fingerprint density at radius 2 is 1.89 bits per heavy atom. The second kappa shape index (κ2) is 9.94. The lowest BCUT2D eigenvalue weighted by Crippen LogP contribution is -2.26. The van der Waals surface area contributed by atoms with Gasteiger partial charge in [0.05, 0.1) is 23.7 Å². The number of phenolic OH excluding ortho intramolecular Hbond substituents is 1. The largest absolute Gasteiger partial charge is 0.507 e. The lowest BCUT2D eigenvalue weighted by atomic mass is 10.0. The first-order chi connectivity index (χ1) is 17.9. The van der Waals surface area contributed by atoms with E-state index in [2.05, 4.69) is 30.2 Å². The van der Waals surface area contributed by atoms with E-state index in [-0.39, 0.29) is 17.5 Å². The van der Waals surface area contributed by atoms with Gasteiger partial charge < -0.3 is 25.3 Å². The summed E-state index contributed by atoms with van der Waals surface area (Å²) in [6, 6.07) is 15.5. The molecule has 10 heteroatoms. The van der Waals surface area contributed by atoms with E-state index in [1.165, 1.54) is 6.07 Å². The number of nitrogens with one attached hydrogen (secondary N) is 2. The summed E-state index contributed by atoms with van der Waals surface area (Å²) in [4.78, 5) is 33.0. The molecule has 3 heterocycles. The monoisotopic (exact) mass is 496 g/mol. The SMILES string of the molecule is COc1ncccc1-c1ccc(O)c(-c2nc3cc(C(=O)NCCc4nc(C)cc(O)n4)ccc3[nH]2)c1. The van der Waals surface area contributed by atoms with Gasteiger partial charge in [0.25, 0.3) is 5.91 Å². The zero-order chi connectivity index (χ0) is 25.9. The van der Waals surface area contributed by atoms with Gasteiger partial charge in [-0.25, -0.2) is 15.0 Å². The third-order valence-corrected chi connectivity index (χ3v) is 5.79. The highest BCUT2D eigenvalue weighted by Gasteiger charge is 2.15. The number of ether oxygens (including phenoxy) is 1. The number of H-pyrrole nitrogens is 1. The molecule has 0 radical (unpaired) electrons. The van der Waals surface area contributed by atoms with Gasteiger partial charge in [0.1, 0.15) is 17.4 Å². The molecule has 1 amide bonds. The normalized spacial score (nSPS) is 11.0. The highest BCUT2D eigenvalue weighted by atomic mass is 16.5. The number of phenols is 1. The summed E-state index contributed by atoms with van der Waals surface area (Å²) in [5.74, 6) is 1.10. The van der Waals surface area contributed by atoms with Gasteiger partial charge in [0, 0.05) is 42.0 Å². The quantitative estimate of drug-likeness (QED) is 0.266. The minimum absolute atomic E-state index is 0.0630. The van der Waals surface area contributed by atoms with Crippen molar-refractivity contribution in [3.05, 3.63) is 77.9 Å². The molecule has 0 atom stereocenters. The van der Waals surface area contributed by atoms with E-state index >= 15 is 0 Å². The zero-order valence-corrected chi connectivity index (χ0v) is 20.2. The number of benzene rings is 2. The first-order valence-corrected chi connectivity index (χ1v) is 11.6. The number of amides is 1. The summed E-state index contributed by atoms with van der Waals surface area (Å²) in [7, 11) is 1.56. The van der Waals surface area contributed by atoms with E-state index in [0.717, 1.165) is 16.6 Å². The number of rotatable bonds is 7. The molecule has 0 aliphatic rings. The Hall–Kier alpha value is -4.99. The van der Waals surface area contributed by atoms with Gasteiger partial charge in [-0.05, 0) is 55.0 Å². The third-order valence-electron chi connectivity index (χ3n) is 5.79. The number of pyridine rings is 1. The van der Waals surface area contributed by atoms with Crippen LogP contribution in [0.3, 0.4) is 0 Å². The Bertz CT molecular complexity index is 1590. The number of aryl methyl sites for hydroxylation is 1. The lowest BCUT2D eigenvalue weighted by molar-refractivity contribution is 0.0954. The van der Waals surface area contributed by atoms with Crippen LogP contribution >= 0.6 is 0 Å². The van der Waals surface area contributed by atoms with E-state index in [9.17, 15) is 15.0 Å². The van der Waals surface area contributed by atoms with Gasteiger partial charge in [-0.15, -0.1) is 0 Å². The first kappa shape index (κ1) is 23.7. The van der Waals surface area contributed by atoms with Crippen molar-refractivity contribution in [1.82, 2.24) is 30.2 Å². The fourth-order valence-electron chi connectivity index (χ4n) is 4.05. The van der Waals surface area contributed by atoms with Crippen molar-refractivity contribution in [3.63, 3.8) is 0 Å². The second-order valence-corrected chi connectivity index (χ2v) is 8.40. The molecule has 0 spiro atoms. The molecular formula is C27H24N6O4. The standard InChI is InChI=1S/C27H24N6O4/c1-15-12-24(35)33-23(30-15)9-11-28-26(36)17-5-7-20-21(14-17)32-25(31-20)19-13-16(6-8-22(19)34)18-4-3-10-29-27(18)37-2/h3-8,10,12-14,34H,9,11H2,1-2H3,(H,28,36)(H,31,32)(H,30,33,35). The third kappa shape index (κ3) is 5.03. The molecule has 5 aromatic rings. The summed E-state index contributed by atoms with van der Waals surface area (Å²) >= 11 is 0. The molecule has 37 heavy (non-hydrogen) atoms. The topological polar surface area (TPSA) is 146 Å². The van der Waals surface area contributed by atoms with Gasteiger partial charge >= 0.3 is 0 Å². The van der Waals surface area contributed by atoms with Crippen molar-refractivity contribution in [2.75, 3.05) is 13.7 Å². The average molecular weight is 497 g/mol. The van der Waals surface area contributed by atoms with E-state index in [1.807, 2.05) is 18.2 Å². The number of nitrogens with zero attached hydrogens (tertiary/aromatic N) is 4. The van der Waals surface area contributed by atoms with E-state index in [4.69, 9.17) is 4.74 Å². The van der Waals surface area contributed by atoms with Crippen LogP contribution in [0.15, 0.2) is 60.8 Å². The number of imidazole rings is 1.